The number of carbonyl (C=O) groups is 1. The highest BCUT2D eigenvalue weighted by Crippen LogP contribution is 2.39. The number of amides is 1. The number of phenols is 1. The number of ether oxygens (including phenoxy) is 1. The Kier molecular flexibility index (Phi) is 3.90. The number of fused-ring (bicyclic) bond motifs is 2. The fourth-order valence-electron chi connectivity index (χ4n) is 4.03. The van der Waals surface area contributed by atoms with E-state index in [9.17, 15) is 9.90 Å². The molecule has 0 fully saturated rings. The van der Waals surface area contributed by atoms with E-state index in [2.05, 4.69) is 10.4 Å². The molecule has 0 bridgehead atoms. The number of aryl methyl sites for hydroxylation is 2. The van der Waals surface area contributed by atoms with Gasteiger partial charge in [0.1, 0.15) is 18.0 Å². The Labute approximate surface area is 171 Å². The van der Waals surface area contributed by atoms with E-state index in [0.29, 0.717) is 39.5 Å². The zero-order valence-electron chi connectivity index (χ0n) is 17.0. The molecule has 5 rings (SSSR count). The van der Waals surface area contributed by atoms with Crippen LogP contribution in [0.1, 0.15) is 27.3 Å². The number of aromatic hydroxyl groups is 1. The largest absolute Gasteiger partial charge is 0.508 e. The third-order valence-electron chi connectivity index (χ3n) is 5.37. The Morgan fingerprint density at radius 3 is 2.73 bits per heavy atom. The summed E-state index contributed by atoms with van der Waals surface area (Å²) < 4.78 is 8.77. The summed E-state index contributed by atoms with van der Waals surface area (Å²) in [4.78, 5) is 22.5. The number of methoxy groups -OCH3 is 1. The third-order valence-corrected chi connectivity index (χ3v) is 5.37. The molecule has 3 aromatic heterocycles. The van der Waals surface area contributed by atoms with Crippen molar-refractivity contribution in [1.82, 2.24) is 24.3 Å². The van der Waals surface area contributed by atoms with Crippen molar-refractivity contribution in [3.8, 4) is 22.7 Å². The number of anilines is 1. The predicted molar refractivity (Wildman–Crippen MR) is 111 cm³/mol. The maximum absolute atomic E-state index is 13.1. The van der Waals surface area contributed by atoms with Gasteiger partial charge in [-0.25, -0.2) is 9.97 Å². The molecule has 4 aromatic rings. The molecule has 0 aliphatic carbocycles. The van der Waals surface area contributed by atoms with Crippen LogP contribution < -0.4 is 5.32 Å². The number of aromatic nitrogens is 5. The van der Waals surface area contributed by atoms with Gasteiger partial charge in [0, 0.05) is 32.1 Å². The lowest BCUT2D eigenvalue weighted by Crippen LogP contribution is -2.11. The van der Waals surface area contributed by atoms with Crippen LogP contribution in [0.5, 0.6) is 5.75 Å². The van der Waals surface area contributed by atoms with Gasteiger partial charge in [-0.15, -0.1) is 0 Å². The van der Waals surface area contributed by atoms with Crippen LogP contribution in [0.3, 0.4) is 0 Å². The smallest absolute Gasteiger partial charge is 0.259 e. The first-order valence-electron chi connectivity index (χ1n) is 9.45. The van der Waals surface area contributed by atoms with Gasteiger partial charge < -0.3 is 15.2 Å². The van der Waals surface area contributed by atoms with E-state index in [-0.39, 0.29) is 18.3 Å². The normalized spacial score (nSPS) is 12.7. The molecule has 0 saturated heterocycles. The van der Waals surface area contributed by atoms with Crippen molar-refractivity contribution in [2.24, 2.45) is 7.05 Å². The van der Waals surface area contributed by atoms with Crippen molar-refractivity contribution < 1.29 is 14.6 Å². The second-order valence-electron chi connectivity index (χ2n) is 7.43. The zero-order valence-corrected chi connectivity index (χ0v) is 17.0. The molecule has 2 N–H and O–H groups in total. The predicted octanol–water partition coefficient (Wildman–Crippen LogP) is 2.86. The topological polar surface area (TPSA) is 107 Å². The molecule has 0 unspecified atom stereocenters. The first-order chi connectivity index (χ1) is 14.4. The van der Waals surface area contributed by atoms with Crippen LogP contribution in [0, 0.1) is 13.8 Å². The summed E-state index contributed by atoms with van der Waals surface area (Å²) >= 11 is 0. The van der Waals surface area contributed by atoms with Gasteiger partial charge in [0.05, 0.1) is 27.9 Å². The Morgan fingerprint density at radius 2 is 1.97 bits per heavy atom. The monoisotopic (exact) mass is 404 g/mol. The molecule has 9 heteroatoms. The number of nitrogens with zero attached hydrogens (tertiary/aromatic N) is 5. The quantitative estimate of drug-likeness (QED) is 0.544. The average molecular weight is 404 g/mol. The van der Waals surface area contributed by atoms with Gasteiger partial charge in [-0.05, 0) is 25.5 Å². The molecule has 1 aliphatic heterocycles. The van der Waals surface area contributed by atoms with E-state index < -0.39 is 0 Å². The highest BCUT2D eigenvalue weighted by Gasteiger charge is 2.30. The van der Waals surface area contributed by atoms with Crippen molar-refractivity contribution in [2.75, 3.05) is 12.4 Å². The molecule has 0 radical (unpaired) electrons. The molecule has 152 valence electrons. The Morgan fingerprint density at radius 1 is 1.17 bits per heavy atom. The summed E-state index contributed by atoms with van der Waals surface area (Å²) in [5.41, 5.74) is 4.79. The van der Waals surface area contributed by atoms with Gasteiger partial charge in [0.15, 0.2) is 11.6 Å². The molecule has 0 saturated carbocycles. The summed E-state index contributed by atoms with van der Waals surface area (Å²) in [5.74, 6) is 0.844. The maximum atomic E-state index is 13.1. The van der Waals surface area contributed by atoms with E-state index in [1.54, 1.807) is 31.1 Å². The molecular weight excluding hydrogens is 384 g/mol. The van der Waals surface area contributed by atoms with E-state index in [1.807, 2.05) is 30.7 Å². The van der Waals surface area contributed by atoms with E-state index in [0.717, 1.165) is 16.8 Å². The number of rotatable bonds is 3. The number of hydrogen-bond acceptors (Lipinski definition) is 6. The van der Waals surface area contributed by atoms with Gasteiger partial charge in [-0.3, -0.25) is 14.0 Å². The Hall–Kier alpha value is -3.72. The van der Waals surface area contributed by atoms with E-state index in [1.165, 1.54) is 0 Å². The molecular formula is C21H20N6O3. The second-order valence-corrected chi connectivity index (χ2v) is 7.43. The SMILES string of the molecule is COCc1nc2c3c(cn(-c4c(C)ccc(O)c4C)c3n1)C(=O)Nc1nn(C)cc1-2. The summed E-state index contributed by atoms with van der Waals surface area (Å²) in [6.07, 6.45) is 3.57. The van der Waals surface area contributed by atoms with Crippen LogP contribution in [-0.2, 0) is 18.4 Å². The van der Waals surface area contributed by atoms with Crippen LogP contribution >= 0.6 is 0 Å². The van der Waals surface area contributed by atoms with Crippen molar-refractivity contribution in [3.05, 3.63) is 47.0 Å². The Bertz CT molecular complexity index is 1350. The minimum Gasteiger partial charge on any atom is -0.508 e. The summed E-state index contributed by atoms with van der Waals surface area (Å²) in [7, 11) is 3.38. The minimum absolute atomic E-state index is 0.177. The average Bonchev–Trinajstić information content (AvgIpc) is 3.23. The first kappa shape index (κ1) is 18.3. The lowest BCUT2D eigenvalue weighted by atomic mass is 10.1. The molecule has 4 heterocycles. The molecule has 30 heavy (non-hydrogen) atoms. The van der Waals surface area contributed by atoms with Gasteiger partial charge >= 0.3 is 0 Å². The number of phenolic OH excluding ortho intramolecular Hbond substituents is 1. The minimum atomic E-state index is -0.281. The van der Waals surface area contributed by atoms with Crippen LogP contribution in [-0.4, -0.2) is 42.4 Å². The number of hydrogen-bond donors (Lipinski definition) is 2. The zero-order chi connectivity index (χ0) is 21.2. The van der Waals surface area contributed by atoms with E-state index >= 15 is 0 Å². The molecule has 0 spiro atoms. The number of benzene rings is 1. The maximum Gasteiger partial charge on any atom is 0.259 e. The third kappa shape index (κ3) is 2.52. The van der Waals surface area contributed by atoms with Crippen LogP contribution in [0.25, 0.3) is 28.0 Å². The standard InChI is InChI=1S/C21H20N6O3/c1-10-5-6-14(28)11(2)18(10)27-8-12-16-17(22-15(9-30-4)23-20(16)27)13-7-26(3)25-19(13)24-21(12)29/h5-8,28H,9H2,1-4H3,(H,24,25,29). The highest BCUT2D eigenvalue weighted by molar-refractivity contribution is 6.19. The molecule has 1 aliphatic rings. The van der Waals surface area contributed by atoms with Crippen molar-refractivity contribution in [3.63, 3.8) is 0 Å². The van der Waals surface area contributed by atoms with Gasteiger partial charge in [-0.1, -0.05) is 6.07 Å². The van der Waals surface area contributed by atoms with E-state index in [4.69, 9.17) is 14.7 Å². The fourth-order valence-corrected chi connectivity index (χ4v) is 4.03. The van der Waals surface area contributed by atoms with Crippen molar-refractivity contribution in [2.45, 2.75) is 20.5 Å². The van der Waals surface area contributed by atoms with Crippen LogP contribution in [0.2, 0.25) is 0 Å². The fraction of sp³-hybridized carbons (Fsp3) is 0.238. The summed E-state index contributed by atoms with van der Waals surface area (Å²) in [6, 6.07) is 3.50. The second kappa shape index (κ2) is 6.39. The van der Waals surface area contributed by atoms with Crippen LogP contribution in [0.4, 0.5) is 5.82 Å². The molecule has 1 amide bonds. The lowest BCUT2D eigenvalue weighted by molar-refractivity contribution is 0.102. The lowest BCUT2D eigenvalue weighted by Gasteiger charge is -2.14. The van der Waals surface area contributed by atoms with Gasteiger partial charge in [-0.2, -0.15) is 5.10 Å². The molecule has 1 aromatic carbocycles. The first-order valence-corrected chi connectivity index (χ1v) is 9.45. The van der Waals surface area contributed by atoms with Gasteiger partial charge in [0.2, 0.25) is 0 Å². The van der Waals surface area contributed by atoms with Crippen LogP contribution in [0.15, 0.2) is 24.5 Å². The van der Waals surface area contributed by atoms with Gasteiger partial charge in [0.25, 0.3) is 5.91 Å². The van der Waals surface area contributed by atoms with Crippen molar-refractivity contribution in [1.29, 1.82) is 0 Å². The summed E-state index contributed by atoms with van der Waals surface area (Å²) in [6.45, 7) is 4.02. The van der Waals surface area contributed by atoms with Crippen molar-refractivity contribution >= 4 is 22.8 Å². The highest BCUT2D eigenvalue weighted by atomic mass is 16.5. The molecule has 9 nitrogen and oxygen atoms in total. The Balaban J connectivity index is 1.93. The number of nitrogens with one attached hydrogen (secondary N) is 1. The summed E-state index contributed by atoms with van der Waals surface area (Å²) in [5, 5.41) is 18.2. The number of carbonyl (C=O) groups excluding carboxylic acids is 1. The molecule has 0 atom stereocenters.